The molecule has 0 aliphatic heterocycles. The number of carbonyl (C=O) groups is 2. The maximum Gasteiger partial charge on any atom is 0.309 e. The molecule has 0 atom stereocenters. The number of para-hydroxylation sites is 1. The average molecular weight is 762 g/mol. The van der Waals surface area contributed by atoms with Gasteiger partial charge >= 0.3 is 5.97 Å². The number of anilines is 1. The van der Waals surface area contributed by atoms with Crippen LogP contribution >= 0.6 is 46.4 Å². The molecule has 0 radical (unpaired) electrons. The number of hydrogen-bond acceptors (Lipinski definition) is 6. The Morgan fingerprint density at radius 2 is 1.10 bits per heavy atom. The number of hydrogen-bond donors (Lipinski definition) is 2. The molecule has 50 heavy (non-hydrogen) atoms. The standard InChI is InChI=1S/C21H21Cl2N3O2.C15H16Cl2N2O3/c1-3-18-19(13-20(27)24-16-8-6-5-7-9-16)25-26(4-2)21(18)28-17-11-14(22)10-15(23)12-17;1-3-12-13(8-14(20)21)18-19(4-2)15(12)22-11-6-9(16)5-10(17)7-11/h5-12H,3-4,13H2,1-2H3,(H,24,27);5-7H,3-4,8H2,1-2H3,(H,20,21). The zero-order chi connectivity index (χ0) is 36.4. The lowest BCUT2D eigenvalue weighted by Gasteiger charge is -2.10. The van der Waals surface area contributed by atoms with Gasteiger partial charge in [-0.3, -0.25) is 9.59 Å². The summed E-state index contributed by atoms with van der Waals surface area (Å²) in [5.74, 6) is 1.10. The minimum Gasteiger partial charge on any atom is -0.481 e. The first kappa shape index (κ1) is 38.6. The van der Waals surface area contributed by atoms with Crippen LogP contribution in [0.15, 0.2) is 66.7 Å². The van der Waals surface area contributed by atoms with Crippen LogP contribution in [0, 0.1) is 0 Å². The van der Waals surface area contributed by atoms with E-state index in [9.17, 15) is 9.59 Å². The molecule has 0 aliphatic carbocycles. The highest BCUT2D eigenvalue weighted by Crippen LogP contribution is 2.34. The van der Waals surface area contributed by atoms with Crippen molar-refractivity contribution in [2.75, 3.05) is 5.32 Å². The number of nitrogens with one attached hydrogen (secondary N) is 1. The van der Waals surface area contributed by atoms with Crippen molar-refractivity contribution in [1.82, 2.24) is 19.6 Å². The molecule has 0 bridgehead atoms. The van der Waals surface area contributed by atoms with Crippen LogP contribution in [0.3, 0.4) is 0 Å². The molecule has 2 aromatic heterocycles. The van der Waals surface area contributed by atoms with E-state index in [0.29, 0.717) is 80.7 Å². The summed E-state index contributed by atoms with van der Waals surface area (Å²) in [6.07, 6.45) is 1.32. The second-order valence-electron chi connectivity index (χ2n) is 10.9. The molecule has 5 rings (SSSR count). The van der Waals surface area contributed by atoms with E-state index >= 15 is 0 Å². The zero-order valence-corrected chi connectivity index (χ0v) is 31.0. The number of amides is 1. The molecular formula is C36H37Cl4N5O5. The van der Waals surface area contributed by atoms with Gasteiger partial charge in [0.2, 0.25) is 17.7 Å². The van der Waals surface area contributed by atoms with E-state index in [4.69, 9.17) is 61.0 Å². The molecule has 264 valence electrons. The Bertz CT molecular complexity index is 1900. The van der Waals surface area contributed by atoms with E-state index in [1.807, 2.05) is 58.0 Å². The molecule has 0 aliphatic rings. The predicted molar refractivity (Wildman–Crippen MR) is 198 cm³/mol. The summed E-state index contributed by atoms with van der Waals surface area (Å²) < 4.78 is 15.3. The molecule has 2 N–H and O–H groups in total. The van der Waals surface area contributed by atoms with Crippen LogP contribution in [0.4, 0.5) is 5.69 Å². The molecular weight excluding hydrogens is 724 g/mol. The Morgan fingerprint density at radius 1 is 0.680 bits per heavy atom. The van der Waals surface area contributed by atoms with Gasteiger partial charge in [-0.2, -0.15) is 10.2 Å². The summed E-state index contributed by atoms with van der Waals surface area (Å²) in [7, 11) is 0. The van der Waals surface area contributed by atoms with E-state index in [1.165, 1.54) is 0 Å². The number of aryl methyl sites for hydroxylation is 2. The second kappa shape index (κ2) is 18.1. The molecule has 14 heteroatoms. The van der Waals surface area contributed by atoms with Crippen LogP contribution in [0.1, 0.15) is 50.2 Å². The van der Waals surface area contributed by atoms with Crippen LogP contribution in [-0.2, 0) is 48.4 Å². The molecule has 0 unspecified atom stereocenters. The van der Waals surface area contributed by atoms with E-state index in [-0.39, 0.29) is 18.7 Å². The first-order chi connectivity index (χ1) is 23.9. The van der Waals surface area contributed by atoms with Gasteiger partial charge in [0.1, 0.15) is 11.5 Å². The highest BCUT2D eigenvalue weighted by molar-refractivity contribution is 6.35. The van der Waals surface area contributed by atoms with Crippen molar-refractivity contribution in [1.29, 1.82) is 0 Å². The number of carboxylic acid groups (broad SMARTS) is 1. The van der Waals surface area contributed by atoms with Crippen LogP contribution in [0.25, 0.3) is 0 Å². The van der Waals surface area contributed by atoms with Crippen molar-refractivity contribution >= 4 is 64.0 Å². The molecule has 0 spiro atoms. The maximum absolute atomic E-state index is 12.5. The predicted octanol–water partition coefficient (Wildman–Crippen LogP) is 9.94. The van der Waals surface area contributed by atoms with Gasteiger partial charge in [-0.05, 0) is 75.2 Å². The SMILES string of the molecule is CCc1c(CC(=O)Nc2ccccc2)nn(CC)c1Oc1cc(Cl)cc(Cl)c1.CCc1c(CC(=O)O)nn(CC)c1Oc1cc(Cl)cc(Cl)c1. The molecule has 2 heterocycles. The summed E-state index contributed by atoms with van der Waals surface area (Å²) in [4.78, 5) is 23.4. The molecule has 0 saturated heterocycles. The number of ether oxygens (including phenoxy) is 2. The molecule has 0 fully saturated rings. The smallest absolute Gasteiger partial charge is 0.309 e. The highest BCUT2D eigenvalue weighted by Gasteiger charge is 2.22. The third kappa shape index (κ3) is 10.4. The number of benzene rings is 3. The fourth-order valence-electron chi connectivity index (χ4n) is 5.13. The third-order valence-electron chi connectivity index (χ3n) is 7.28. The van der Waals surface area contributed by atoms with Crippen LogP contribution in [0.2, 0.25) is 20.1 Å². The lowest BCUT2D eigenvalue weighted by atomic mass is 10.1. The van der Waals surface area contributed by atoms with E-state index in [0.717, 1.165) is 16.8 Å². The molecule has 10 nitrogen and oxygen atoms in total. The van der Waals surface area contributed by atoms with Crippen molar-refractivity contribution < 1.29 is 24.2 Å². The quantitative estimate of drug-likeness (QED) is 0.123. The Balaban J connectivity index is 0.000000232. The summed E-state index contributed by atoms with van der Waals surface area (Å²) >= 11 is 24.1. The van der Waals surface area contributed by atoms with E-state index in [2.05, 4.69) is 15.5 Å². The van der Waals surface area contributed by atoms with Gasteiger partial charge in [0.15, 0.2) is 0 Å². The fraction of sp³-hybridized carbons (Fsp3) is 0.278. The molecule has 0 saturated carbocycles. The van der Waals surface area contributed by atoms with Crippen molar-refractivity contribution in [3.05, 3.63) is 109 Å². The first-order valence-electron chi connectivity index (χ1n) is 16.0. The summed E-state index contributed by atoms with van der Waals surface area (Å²) in [5, 5.41) is 22.7. The number of halogens is 4. The first-order valence-corrected chi connectivity index (χ1v) is 17.5. The average Bonchev–Trinajstić information content (AvgIpc) is 3.55. The number of rotatable bonds is 13. The number of aromatic nitrogens is 4. The second-order valence-corrected chi connectivity index (χ2v) is 12.6. The van der Waals surface area contributed by atoms with Crippen molar-refractivity contribution in [2.45, 2.75) is 66.5 Å². The van der Waals surface area contributed by atoms with Gasteiger partial charge in [0.05, 0.1) is 24.2 Å². The van der Waals surface area contributed by atoms with Gasteiger partial charge in [-0.1, -0.05) is 78.5 Å². The normalized spacial score (nSPS) is 10.7. The molecule has 5 aromatic rings. The highest BCUT2D eigenvalue weighted by atomic mass is 35.5. The zero-order valence-electron chi connectivity index (χ0n) is 28.0. The van der Waals surface area contributed by atoms with Gasteiger partial charge in [0.25, 0.3) is 0 Å². The lowest BCUT2D eigenvalue weighted by Crippen LogP contribution is -2.15. The van der Waals surface area contributed by atoms with Gasteiger partial charge < -0.3 is 19.9 Å². The summed E-state index contributed by atoms with van der Waals surface area (Å²) in [5.41, 5.74) is 3.63. The van der Waals surface area contributed by atoms with Gasteiger partial charge in [-0.25, -0.2) is 9.36 Å². The topological polar surface area (TPSA) is 121 Å². The van der Waals surface area contributed by atoms with Gasteiger partial charge in [-0.15, -0.1) is 0 Å². The third-order valence-corrected chi connectivity index (χ3v) is 8.15. The fourth-order valence-corrected chi connectivity index (χ4v) is 6.15. The Labute approximate surface area is 310 Å². The largest absolute Gasteiger partial charge is 0.481 e. The number of aliphatic carboxylic acids is 1. The van der Waals surface area contributed by atoms with E-state index < -0.39 is 5.97 Å². The maximum atomic E-state index is 12.5. The van der Waals surface area contributed by atoms with Crippen LogP contribution < -0.4 is 14.8 Å². The van der Waals surface area contributed by atoms with Crippen molar-refractivity contribution in [3.63, 3.8) is 0 Å². The molecule has 3 aromatic carbocycles. The molecule has 1 amide bonds. The number of carboxylic acids is 1. The Hall–Kier alpha value is -4.22. The minimum absolute atomic E-state index is 0.126. The van der Waals surface area contributed by atoms with Crippen LogP contribution in [0.5, 0.6) is 23.3 Å². The Kier molecular flexibility index (Phi) is 14.0. The van der Waals surface area contributed by atoms with Crippen molar-refractivity contribution in [2.24, 2.45) is 0 Å². The summed E-state index contributed by atoms with van der Waals surface area (Å²) in [6, 6.07) is 19.3. The van der Waals surface area contributed by atoms with E-state index in [1.54, 1.807) is 45.8 Å². The number of nitrogens with zero attached hydrogens (tertiary/aromatic N) is 4. The summed E-state index contributed by atoms with van der Waals surface area (Å²) in [6.45, 7) is 8.99. The van der Waals surface area contributed by atoms with Crippen molar-refractivity contribution in [3.8, 4) is 23.3 Å². The Morgan fingerprint density at radius 3 is 1.48 bits per heavy atom. The van der Waals surface area contributed by atoms with Crippen LogP contribution in [-0.4, -0.2) is 36.5 Å². The van der Waals surface area contributed by atoms with Gasteiger partial charge in [0, 0.05) is 50.0 Å². The number of carbonyl (C=O) groups excluding carboxylic acids is 1. The minimum atomic E-state index is -0.923. The lowest BCUT2D eigenvalue weighted by molar-refractivity contribution is -0.136. The monoisotopic (exact) mass is 759 g/mol.